The lowest BCUT2D eigenvalue weighted by molar-refractivity contribution is -0.124. The molecule has 3 aliphatic rings. The van der Waals surface area contributed by atoms with Gasteiger partial charge in [-0.05, 0) is 61.8 Å². The summed E-state index contributed by atoms with van der Waals surface area (Å²) in [6, 6.07) is 9.50. The van der Waals surface area contributed by atoms with Gasteiger partial charge in [-0.25, -0.2) is 0 Å². The average Bonchev–Trinajstić information content (AvgIpc) is 3.27. The smallest absolute Gasteiger partial charge is 0.261 e. The van der Waals surface area contributed by atoms with Gasteiger partial charge in [0.1, 0.15) is 11.3 Å². The van der Waals surface area contributed by atoms with Crippen LogP contribution >= 0.6 is 0 Å². The van der Waals surface area contributed by atoms with Crippen molar-refractivity contribution in [2.24, 2.45) is 5.92 Å². The number of rotatable bonds is 1. The molecule has 1 saturated heterocycles. The molecule has 0 spiro atoms. The van der Waals surface area contributed by atoms with Crippen LogP contribution < -0.4 is 15.6 Å². The molecular formula is C26H29N3O4. The number of amides is 2. The lowest BCUT2D eigenvalue weighted by Crippen LogP contribution is -2.53. The molecule has 0 bridgehead atoms. The largest absolute Gasteiger partial charge is 0.483 e. The Morgan fingerprint density at radius 3 is 2.88 bits per heavy atom. The summed E-state index contributed by atoms with van der Waals surface area (Å²) in [4.78, 5) is 43.1. The molecule has 2 amide bonds. The molecule has 2 N–H and O–H groups in total. The van der Waals surface area contributed by atoms with Gasteiger partial charge in [-0.15, -0.1) is 0 Å². The van der Waals surface area contributed by atoms with Crippen LogP contribution in [0, 0.1) is 5.92 Å². The summed E-state index contributed by atoms with van der Waals surface area (Å²) in [5, 5.41) is 3.11. The van der Waals surface area contributed by atoms with Crippen LogP contribution in [0.15, 0.2) is 47.3 Å². The van der Waals surface area contributed by atoms with Crippen LogP contribution in [0.1, 0.15) is 46.4 Å². The zero-order valence-corrected chi connectivity index (χ0v) is 18.6. The first-order valence-corrected chi connectivity index (χ1v) is 11.8. The molecule has 7 nitrogen and oxygen atoms in total. The van der Waals surface area contributed by atoms with E-state index in [0.29, 0.717) is 19.5 Å². The summed E-state index contributed by atoms with van der Waals surface area (Å²) in [7, 11) is 0. The van der Waals surface area contributed by atoms with Crippen LogP contribution in [0.3, 0.4) is 0 Å². The quantitative estimate of drug-likeness (QED) is 0.657. The zero-order chi connectivity index (χ0) is 22.8. The molecule has 5 rings (SSSR count). The van der Waals surface area contributed by atoms with Crippen molar-refractivity contribution in [3.8, 4) is 5.75 Å². The molecule has 2 aromatic rings. The Bertz CT molecular complexity index is 1150. The minimum absolute atomic E-state index is 0.0307. The van der Waals surface area contributed by atoms with Crippen molar-refractivity contribution in [3.63, 3.8) is 0 Å². The highest BCUT2D eigenvalue weighted by molar-refractivity contribution is 5.94. The van der Waals surface area contributed by atoms with E-state index in [1.165, 1.54) is 0 Å². The zero-order valence-electron chi connectivity index (χ0n) is 18.6. The number of H-pyrrole nitrogens is 1. The summed E-state index contributed by atoms with van der Waals surface area (Å²) < 4.78 is 5.77. The predicted molar refractivity (Wildman–Crippen MR) is 124 cm³/mol. The van der Waals surface area contributed by atoms with Gasteiger partial charge in [0.25, 0.3) is 17.4 Å². The van der Waals surface area contributed by atoms with Crippen molar-refractivity contribution >= 4 is 11.8 Å². The third-order valence-electron chi connectivity index (χ3n) is 6.96. The molecule has 33 heavy (non-hydrogen) atoms. The summed E-state index contributed by atoms with van der Waals surface area (Å²) in [5.74, 6) is 0.433. The van der Waals surface area contributed by atoms with Crippen LogP contribution in [0.25, 0.3) is 0 Å². The van der Waals surface area contributed by atoms with E-state index in [9.17, 15) is 14.4 Å². The molecule has 2 aliphatic heterocycles. The highest BCUT2D eigenvalue weighted by Gasteiger charge is 2.33. The third kappa shape index (κ3) is 4.58. The first-order chi connectivity index (χ1) is 16.1. The maximum Gasteiger partial charge on any atom is 0.261 e. The third-order valence-corrected chi connectivity index (χ3v) is 6.96. The van der Waals surface area contributed by atoms with E-state index in [1.807, 2.05) is 24.3 Å². The normalized spacial score (nSPS) is 23.6. The Balaban J connectivity index is 1.33. The fourth-order valence-electron chi connectivity index (χ4n) is 5.17. The Labute approximate surface area is 192 Å². The number of carbonyl (C=O) groups excluding carboxylic acids is 2. The van der Waals surface area contributed by atoms with E-state index in [2.05, 4.69) is 22.5 Å². The highest BCUT2D eigenvalue weighted by atomic mass is 16.5. The molecule has 172 valence electrons. The number of likely N-dealkylation sites (tertiary alicyclic amines) is 1. The van der Waals surface area contributed by atoms with Gasteiger partial charge in [0.15, 0.2) is 6.61 Å². The second kappa shape index (κ2) is 9.25. The second-order valence-electron chi connectivity index (χ2n) is 9.15. The number of aromatic amines is 1. The number of ether oxygens (including phenoxy) is 1. The number of allylic oxidation sites excluding steroid dienone is 2. The first-order valence-electron chi connectivity index (χ1n) is 11.8. The van der Waals surface area contributed by atoms with Crippen molar-refractivity contribution in [1.29, 1.82) is 0 Å². The summed E-state index contributed by atoms with van der Waals surface area (Å²) in [6.07, 6.45) is 9.14. The van der Waals surface area contributed by atoms with E-state index in [0.717, 1.165) is 54.7 Å². The van der Waals surface area contributed by atoms with Crippen LogP contribution in [0.2, 0.25) is 0 Å². The first kappa shape index (κ1) is 21.5. The molecule has 1 aromatic carbocycles. The SMILES string of the molecule is O=C1COc2ccccc2C/C=C/C[C@H]2CN(C(=O)c3cc4c([nH]c3=O)CCC4)CC[C@H]2N1. The minimum atomic E-state index is -0.300. The van der Waals surface area contributed by atoms with Gasteiger partial charge in [-0.1, -0.05) is 30.4 Å². The number of hydrogen-bond donors (Lipinski definition) is 2. The molecule has 7 heteroatoms. The molecule has 0 saturated carbocycles. The van der Waals surface area contributed by atoms with E-state index in [4.69, 9.17) is 4.74 Å². The van der Waals surface area contributed by atoms with Crippen LogP contribution in [-0.4, -0.2) is 47.4 Å². The van der Waals surface area contributed by atoms with E-state index in [1.54, 1.807) is 11.0 Å². The lowest BCUT2D eigenvalue weighted by Gasteiger charge is -2.38. The van der Waals surface area contributed by atoms with Gasteiger partial charge in [-0.3, -0.25) is 14.4 Å². The van der Waals surface area contributed by atoms with Gasteiger partial charge in [0, 0.05) is 30.7 Å². The average molecular weight is 448 g/mol. The summed E-state index contributed by atoms with van der Waals surface area (Å²) >= 11 is 0. The van der Waals surface area contributed by atoms with E-state index >= 15 is 0 Å². The monoisotopic (exact) mass is 447 g/mol. The topological polar surface area (TPSA) is 91.5 Å². The molecular weight excluding hydrogens is 418 g/mol. The number of para-hydroxylation sites is 1. The number of fused-ring (bicyclic) bond motifs is 3. The van der Waals surface area contributed by atoms with Gasteiger partial charge >= 0.3 is 0 Å². The molecule has 0 radical (unpaired) electrons. The van der Waals surface area contributed by atoms with Crippen molar-refractivity contribution < 1.29 is 14.3 Å². The van der Waals surface area contributed by atoms with Crippen molar-refractivity contribution in [2.75, 3.05) is 19.7 Å². The number of aryl methyl sites for hydroxylation is 2. The number of nitrogens with zero attached hydrogens (tertiary/aromatic N) is 1. The number of pyridine rings is 1. The fourth-order valence-corrected chi connectivity index (χ4v) is 5.17. The Kier molecular flexibility index (Phi) is 6.03. The number of carbonyl (C=O) groups is 2. The minimum Gasteiger partial charge on any atom is -0.483 e. The molecule has 1 aliphatic carbocycles. The van der Waals surface area contributed by atoms with Gasteiger partial charge in [0.05, 0.1) is 0 Å². The number of nitrogens with one attached hydrogen (secondary N) is 2. The predicted octanol–water partition coefficient (Wildman–Crippen LogP) is 2.39. The van der Waals surface area contributed by atoms with Crippen LogP contribution in [0.4, 0.5) is 0 Å². The van der Waals surface area contributed by atoms with Gasteiger partial charge in [-0.2, -0.15) is 0 Å². The molecule has 1 aromatic heterocycles. The lowest BCUT2D eigenvalue weighted by atomic mass is 9.88. The van der Waals surface area contributed by atoms with Crippen molar-refractivity contribution in [3.05, 3.63) is 75.2 Å². The number of hydrogen-bond acceptors (Lipinski definition) is 4. The Hall–Kier alpha value is -3.35. The summed E-state index contributed by atoms with van der Waals surface area (Å²) in [5.41, 5.74) is 3.01. The Morgan fingerprint density at radius 2 is 1.97 bits per heavy atom. The molecule has 1 fully saturated rings. The van der Waals surface area contributed by atoms with Gasteiger partial charge < -0.3 is 19.9 Å². The van der Waals surface area contributed by atoms with E-state index in [-0.39, 0.29) is 41.5 Å². The summed E-state index contributed by atoms with van der Waals surface area (Å²) in [6.45, 7) is 0.976. The van der Waals surface area contributed by atoms with Crippen LogP contribution in [0.5, 0.6) is 5.75 Å². The highest BCUT2D eigenvalue weighted by Crippen LogP contribution is 2.25. The number of benzene rings is 1. The van der Waals surface area contributed by atoms with Crippen LogP contribution in [-0.2, 0) is 24.1 Å². The standard InChI is InChI=1S/C26H29N3O4/c30-24-16-33-23-11-4-3-7-17(23)6-1-2-8-19-15-29(13-12-22(19)27-24)26(32)20-14-18-9-5-10-21(18)28-25(20)31/h1-4,7,11,14,19,22H,5-6,8-10,12-13,15-16H2,(H,27,30)(H,28,31)/b2-1+/t19-,22+/m0/s1. The number of piperidine rings is 1. The van der Waals surface area contributed by atoms with Crippen molar-refractivity contribution in [2.45, 2.75) is 44.6 Å². The van der Waals surface area contributed by atoms with E-state index < -0.39 is 0 Å². The van der Waals surface area contributed by atoms with Gasteiger partial charge in [0.2, 0.25) is 0 Å². The van der Waals surface area contributed by atoms with Crippen molar-refractivity contribution in [1.82, 2.24) is 15.2 Å². The maximum absolute atomic E-state index is 13.3. The Morgan fingerprint density at radius 1 is 1.09 bits per heavy atom. The molecule has 2 atom stereocenters. The molecule has 0 unspecified atom stereocenters. The maximum atomic E-state index is 13.3. The fraction of sp³-hybridized carbons (Fsp3) is 0.423. The number of aromatic nitrogens is 1. The molecule has 3 heterocycles. The second-order valence-corrected chi connectivity index (χ2v) is 9.15.